The molecule has 0 aromatic heterocycles. The molecule has 0 aliphatic carbocycles. The molecule has 2 spiro atoms. The second kappa shape index (κ2) is 24.0. The summed E-state index contributed by atoms with van der Waals surface area (Å²) in [5.74, 6) is -0.243. The molecule has 2 unspecified atom stereocenters. The maximum absolute atomic E-state index is 14.1. The van der Waals surface area contributed by atoms with Crippen molar-refractivity contribution in [2.45, 2.75) is 223 Å². The number of nitrogens with one attached hydrogen (secondary N) is 3. The van der Waals surface area contributed by atoms with Gasteiger partial charge in [-0.3, -0.25) is 9.59 Å². The van der Waals surface area contributed by atoms with Crippen molar-refractivity contribution in [1.82, 2.24) is 15.5 Å². The fourth-order valence-electron chi connectivity index (χ4n) is 10.8. The first-order chi connectivity index (χ1) is 27.7. The zero-order valence-corrected chi connectivity index (χ0v) is 36.0. The summed E-state index contributed by atoms with van der Waals surface area (Å²) in [4.78, 5) is 30.0. The van der Waals surface area contributed by atoms with E-state index in [4.69, 9.17) is 25.7 Å². The van der Waals surface area contributed by atoms with Crippen molar-refractivity contribution in [2.24, 2.45) is 17.4 Å². The first kappa shape index (κ1) is 46.4. The van der Waals surface area contributed by atoms with E-state index < -0.39 is 11.8 Å². The number of carbonyl (C=O) groups excluding carboxylic acids is 2. The number of nitrogens with zero attached hydrogens (tertiary/aromatic N) is 1. The lowest BCUT2D eigenvalue weighted by molar-refractivity contribution is -0.985. The highest BCUT2D eigenvalue weighted by Crippen LogP contribution is 2.42. The number of esters is 1. The van der Waals surface area contributed by atoms with Crippen LogP contribution in [0.15, 0.2) is 12.2 Å². The second-order valence-electron chi connectivity index (χ2n) is 18.2. The molecule has 5 rings (SSSR count). The van der Waals surface area contributed by atoms with Gasteiger partial charge >= 0.3 is 5.97 Å². The number of aliphatic hydroxyl groups is 1. The number of unbranched alkanes of at least 4 members (excludes halogenated alkanes) is 12. The molecule has 4 saturated heterocycles. The van der Waals surface area contributed by atoms with Gasteiger partial charge in [0.25, 0.3) is 0 Å². The van der Waals surface area contributed by atoms with Gasteiger partial charge in [0.05, 0.1) is 31.0 Å². The highest BCUT2D eigenvalue weighted by Gasteiger charge is 2.66. The lowest BCUT2D eigenvalue weighted by Crippen LogP contribution is -3.29. The fraction of sp³-hybridized carbons (Fsp3) is 0.911. The molecular weight excluding hydrogens is 721 g/mol. The van der Waals surface area contributed by atoms with Crippen LogP contribution in [0, 0.1) is 5.92 Å². The van der Waals surface area contributed by atoms with E-state index in [2.05, 4.69) is 36.6 Å². The Bertz CT molecular complexity index is 1230. The Hall–Kier alpha value is -1.64. The SMILES string of the molecule is CC[C@H]1C=CCC[C@@]2(C[C@@H]3CC[C@H]4[C@@H](C(=O)OCCCCCCCCCCCCCCCC(=O)N(CCCN)C[C@@H](O)CCN)[C@@]5(CCC[C@@H](C)O5)NC(N2)[NH+]34)O1. The Kier molecular flexibility index (Phi) is 19.5. The smallest absolute Gasteiger partial charge is 0.319 e. The highest BCUT2D eigenvalue weighted by molar-refractivity contribution is 5.76. The molecular formula is C45H83N6O6+. The molecule has 57 heavy (non-hydrogen) atoms. The predicted octanol–water partition coefficient (Wildman–Crippen LogP) is 4.92. The van der Waals surface area contributed by atoms with Crippen molar-refractivity contribution in [2.75, 3.05) is 32.8 Å². The minimum Gasteiger partial charge on any atom is -0.465 e. The zero-order chi connectivity index (χ0) is 40.5. The Labute approximate surface area is 345 Å². The number of allylic oxidation sites excluding steroid dienone is 1. The van der Waals surface area contributed by atoms with Crippen molar-refractivity contribution in [3.8, 4) is 0 Å². The van der Waals surface area contributed by atoms with E-state index in [0.717, 1.165) is 89.9 Å². The summed E-state index contributed by atoms with van der Waals surface area (Å²) in [5, 5.41) is 18.0. The standard InChI is InChI=1S/C45H82N6O6/c1-3-38-22-16-17-27-44(57-38)33-36-24-25-39-41(45(28-19-21-35(2)56-45)49-43(48-44)51(36)39)42(54)55-32-18-14-12-10-8-6-4-5-7-9-11-13-15-23-40(53)50(31-20-29-46)34-37(52)26-30-47/h16,22,35-39,41,43,48-49,52H,3-15,17-21,23-34,46-47H2,1-2H3/p+1/t35-,36+,37+,38+,39+,41+,43?,44+,45+/m1/s1. The van der Waals surface area contributed by atoms with Crippen molar-refractivity contribution in [3.63, 3.8) is 0 Å². The van der Waals surface area contributed by atoms with E-state index >= 15 is 0 Å². The van der Waals surface area contributed by atoms with Gasteiger partial charge in [-0.05, 0) is 84.2 Å². The summed E-state index contributed by atoms with van der Waals surface area (Å²) >= 11 is 0. The minimum atomic E-state index is -0.704. The molecule has 0 aromatic rings. The third-order valence-electron chi connectivity index (χ3n) is 13.7. The maximum atomic E-state index is 14.1. The van der Waals surface area contributed by atoms with Crippen molar-refractivity contribution < 1.29 is 33.8 Å². The summed E-state index contributed by atoms with van der Waals surface area (Å²) in [5.41, 5.74) is 10.2. The number of nitrogens with two attached hydrogens (primary N) is 2. The summed E-state index contributed by atoms with van der Waals surface area (Å²) in [6.45, 7) is 6.77. The first-order valence-corrected chi connectivity index (χ1v) is 23.7. The van der Waals surface area contributed by atoms with Crippen molar-refractivity contribution >= 4 is 11.9 Å². The van der Waals surface area contributed by atoms with Crippen molar-refractivity contribution in [1.29, 1.82) is 0 Å². The molecule has 0 saturated carbocycles. The first-order valence-electron chi connectivity index (χ1n) is 23.7. The van der Waals surface area contributed by atoms with E-state index in [1.54, 1.807) is 4.90 Å². The number of hydrogen-bond donors (Lipinski definition) is 6. The number of ether oxygens (including phenoxy) is 3. The van der Waals surface area contributed by atoms with Crippen LogP contribution in [0.2, 0.25) is 0 Å². The Morgan fingerprint density at radius 1 is 0.912 bits per heavy atom. The number of quaternary nitrogens is 1. The van der Waals surface area contributed by atoms with E-state index in [-0.39, 0.29) is 48.1 Å². The molecule has 5 aliphatic rings. The summed E-state index contributed by atoms with van der Waals surface area (Å²) in [6, 6.07) is 0.631. The van der Waals surface area contributed by atoms with Gasteiger partial charge in [-0.15, -0.1) is 0 Å². The number of carbonyl (C=O) groups is 2. The van der Waals surface area contributed by atoms with E-state index in [1.165, 1.54) is 62.7 Å². The van der Waals surface area contributed by atoms with Gasteiger partial charge in [0.2, 0.25) is 12.2 Å². The molecule has 5 heterocycles. The van der Waals surface area contributed by atoms with Gasteiger partial charge in [-0.1, -0.05) is 89.7 Å². The molecule has 12 nitrogen and oxygen atoms in total. The van der Waals surface area contributed by atoms with E-state index in [0.29, 0.717) is 51.7 Å². The van der Waals surface area contributed by atoms with Crippen LogP contribution in [0.5, 0.6) is 0 Å². The van der Waals surface area contributed by atoms with Gasteiger partial charge in [-0.2, -0.15) is 0 Å². The van der Waals surface area contributed by atoms with Gasteiger partial charge in [0.15, 0.2) is 5.92 Å². The van der Waals surface area contributed by atoms with Crippen LogP contribution in [0.25, 0.3) is 0 Å². The van der Waals surface area contributed by atoms with Crippen LogP contribution in [0.1, 0.15) is 174 Å². The normalized spacial score (nSPS) is 32.6. The molecule has 328 valence electrons. The largest absolute Gasteiger partial charge is 0.465 e. The summed E-state index contributed by atoms with van der Waals surface area (Å²) in [7, 11) is 0. The summed E-state index contributed by atoms with van der Waals surface area (Å²) < 4.78 is 19.8. The number of aliphatic hydroxyl groups excluding tert-OH is 1. The number of amides is 1. The zero-order valence-electron chi connectivity index (χ0n) is 36.0. The monoisotopic (exact) mass is 804 g/mol. The molecule has 12 heteroatoms. The molecule has 0 aromatic carbocycles. The third kappa shape index (κ3) is 13.4. The molecule has 8 N–H and O–H groups in total. The third-order valence-corrected chi connectivity index (χ3v) is 13.7. The van der Waals surface area contributed by atoms with Crippen LogP contribution in [0.4, 0.5) is 0 Å². The molecule has 5 aliphatic heterocycles. The number of rotatable bonds is 25. The van der Waals surface area contributed by atoms with Crippen LogP contribution in [0.3, 0.4) is 0 Å². The van der Waals surface area contributed by atoms with Gasteiger partial charge in [0, 0.05) is 38.8 Å². The maximum Gasteiger partial charge on any atom is 0.319 e. The van der Waals surface area contributed by atoms with E-state index in [9.17, 15) is 14.7 Å². The average molecular weight is 804 g/mol. The lowest BCUT2D eigenvalue weighted by Gasteiger charge is -2.58. The highest BCUT2D eigenvalue weighted by atomic mass is 16.6. The van der Waals surface area contributed by atoms with Crippen molar-refractivity contribution in [3.05, 3.63) is 12.2 Å². The quantitative estimate of drug-likeness (QED) is 0.0424. The van der Waals surface area contributed by atoms with Crippen LogP contribution in [-0.2, 0) is 23.8 Å². The lowest BCUT2D eigenvalue weighted by atomic mass is 9.79. The Morgan fingerprint density at radius 2 is 1.61 bits per heavy atom. The van der Waals surface area contributed by atoms with Crippen LogP contribution in [-0.4, -0.2) is 103 Å². The minimum absolute atomic E-state index is 0.00644. The molecule has 10 atom stereocenters. The molecule has 0 radical (unpaired) electrons. The number of hydrogen-bond acceptors (Lipinski definition) is 10. The topological polar surface area (TPSA) is 166 Å². The van der Waals surface area contributed by atoms with Crippen LogP contribution < -0.4 is 27.0 Å². The fourth-order valence-corrected chi connectivity index (χ4v) is 10.8. The van der Waals surface area contributed by atoms with Gasteiger partial charge in [-0.25, -0.2) is 10.6 Å². The predicted molar refractivity (Wildman–Crippen MR) is 225 cm³/mol. The van der Waals surface area contributed by atoms with Gasteiger partial charge < -0.3 is 40.6 Å². The average Bonchev–Trinajstić information content (AvgIpc) is 3.49. The molecule has 1 amide bonds. The Balaban J connectivity index is 0.931. The van der Waals surface area contributed by atoms with Gasteiger partial charge in [0.1, 0.15) is 17.5 Å². The Morgan fingerprint density at radius 3 is 2.28 bits per heavy atom. The van der Waals surface area contributed by atoms with Crippen LogP contribution >= 0.6 is 0 Å². The molecule has 4 fully saturated rings. The molecule has 0 bridgehead atoms. The van der Waals surface area contributed by atoms with E-state index in [1.807, 2.05) is 0 Å². The second-order valence-corrected chi connectivity index (χ2v) is 18.2. The summed E-state index contributed by atoms with van der Waals surface area (Å²) in [6.07, 6.45) is 30.2.